The molecule has 0 bridgehead atoms. The minimum absolute atomic E-state index is 0.00992. The molecular weight excluding hydrogens is 353 g/mol. The zero-order chi connectivity index (χ0) is 19.6. The van der Waals surface area contributed by atoms with Gasteiger partial charge in [0.05, 0.1) is 7.11 Å². The summed E-state index contributed by atoms with van der Waals surface area (Å²) in [7, 11) is 1.42. The maximum Gasteiger partial charge on any atom is 0.331 e. The predicted molar refractivity (Wildman–Crippen MR) is 97.8 cm³/mol. The van der Waals surface area contributed by atoms with E-state index >= 15 is 0 Å². The number of carbonyl (C=O) groups excluding carboxylic acids is 2. The summed E-state index contributed by atoms with van der Waals surface area (Å²) in [6.07, 6.45) is 2.98. The lowest BCUT2D eigenvalue weighted by atomic mass is 10.1. The monoisotopic (exact) mass is 373 g/mol. The SMILES string of the molecule is COc1cc(/C=C/C(=O)OCC(=O)NCCc2ccccc2F)ccc1O. The van der Waals surface area contributed by atoms with E-state index in [1.165, 1.54) is 31.4 Å². The molecule has 2 aromatic rings. The van der Waals surface area contributed by atoms with Gasteiger partial charge in [-0.05, 0) is 41.8 Å². The second-order valence-electron chi connectivity index (χ2n) is 5.56. The van der Waals surface area contributed by atoms with Gasteiger partial charge in [-0.3, -0.25) is 4.79 Å². The van der Waals surface area contributed by atoms with E-state index in [2.05, 4.69) is 5.32 Å². The molecule has 0 radical (unpaired) electrons. The molecule has 0 aliphatic rings. The minimum atomic E-state index is -0.689. The van der Waals surface area contributed by atoms with Gasteiger partial charge in [0.25, 0.3) is 5.91 Å². The van der Waals surface area contributed by atoms with Crippen LogP contribution in [0.5, 0.6) is 11.5 Å². The first kappa shape index (κ1) is 20.0. The molecule has 1 amide bonds. The van der Waals surface area contributed by atoms with Crippen LogP contribution < -0.4 is 10.1 Å². The number of aromatic hydroxyl groups is 1. The van der Waals surface area contributed by atoms with Gasteiger partial charge in [-0.1, -0.05) is 24.3 Å². The molecule has 0 aromatic heterocycles. The lowest BCUT2D eigenvalue weighted by molar-refractivity contribution is -0.143. The van der Waals surface area contributed by atoms with Crippen LogP contribution in [0.25, 0.3) is 6.08 Å². The highest BCUT2D eigenvalue weighted by Gasteiger charge is 2.06. The largest absolute Gasteiger partial charge is 0.504 e. The molecule has 27 heavy (non-hydrogen) atoms. The molecular formula is C20H20FNO5. The number of amides is 1. The molecule has 0 unspecified atom stereocenters. The normalized spacial score (nSPS) is 10.6. The fourth-order valence-electron chi connectivity index (χ4n) is 2.24. The van der Waals surface area contributed by atoms with Crippen LogP contribution in [0.15, 0.2) is 48.5 Å². The van der Waals surface area contributed by atoms with E-state index in [1.807, 2.05) is 0 Å². The third-order valence-corrected chi connectivity index (χ3v) is 3.64. The number of carbonyl (C=O) groups is 2. The number of benzene rings is 2. The zero-order valence-corrected chi connectivity index (χ0v) is 14.8. The standard InChI is InChI=1S/C20H20FNO5/c1-26-18-12-14(6-8-17(18)23)7-9-20(25)27-13-19(24)22-11-10-15-4-2-3-5-16(15)21/h2-9,12,23H,10-11,13H2,1H3,(H,22,24)/b9-7+. The van der Waals surface area contributed by atoms with Gasteiger partial charge in [0.15, 0.2) is 18.1 Å². The van der Waals surface area contributed by atoms with Crippen LogP contribution >= 0.6 is 0 Å². The molecule has 0 atom stereocenters. The Labute approximate surface area is 156 Å². The molecule has 0 aliphatic carbocycles. The molecule has 2 rings (SSSR count). The number of nitrogens with one attached hydrogen (secondary N) is 1. The van der Waals surface area contributed by atoms with Crippen molar-refractivity contribution in [3.8, 4) is 11.5 Å². The van der Waals surface area contributed by atoms with Crippen LogP contribution in [0.2, 0.25) is 0 Å². The molecule has 0 spiro atoms. The van der Waals surface area contributed by atoms with Crippen LogP contribution in [0.4, 0.5) is 4.39 Å². The number of ether oxygens (including phenoxy) is 2. The Kier molecular flexibility index (Phi) is 7.37. The van der Waals surface area contributed by atoms with Gasteiger partial charge in [-0.2, -0.15) is 0 Å². The summed E-state index contributed by atoms with van der Waals surface area (Å²) in [5.41, 5.74) is 1.12. The highest BCUT2D eigenvalue weighted by atomic mass is 19.1. The highest BCUT2D eigenvalue weighted by Crippen LogP contribution is 2.26. The quantitative estimate of drug-likeness (QED) is 0.548. The van der Waals surface area contributed by atoms with Gasteiger partial charge in [0, 0.05) is 12.6 Å². The number of hydrogen-bond acceptors (Lipinski definition) is 5. The Balaban J connectivity index is 1.73. The number of esters is 1. The topological polar surface area (TPSA) is 84.9 Å². The Morgan fingerprint density at radius 2 is 2.00 bits per heavy atom. The Morgan fingerprint density at radius 1 is 1.22 bits per heavy atom. The number of hydrogen-bond donors (Lipinski definition) is 2. The van der Waals surface area contributed by atoms with Crippen LogP contribution in [0.1, 0.15) is 11.1 Å². The van der Waals surface area contributed by atoms with E-state index in [4.69, 9.17) is 9.47 Å². The highest BCUT2D eigenvalue weighted by molar-refractivity contribution is 5.89. The number of rotatable bonds is 8. The molecule has 0 fully saturated rings. The lowest BCUT2D eigenvalue weighted by Crippen LogP contribution is -2.30. The van der Waals surface area contributed by atoms with Crippen LogP contribution in [-0.4, -0.2) is 37.2 Å². The van der Waals surface area contributed by atoms with Crippen molar-refractivity contribution in [2.75, 3.05) is 20.3 Å². The van der Waals surface area contributed by atoms with Crippen molar-refractivity contribution in [3.63, 3.8) is 0 Å². The number of phenols is 1. The summed E-state index contributed by atoms with van der Waals surface area (Å²) in [4.78, 5) is 23.3. The van der Waals surface area contributed by atoms with E-state index in [0.29, 0.717) is 17.5 Å². The Bertz CT molecular complexity index is 835. The second kappa shape index (κ2) is 9.96. The van der Waals surface area contributed by atoms with Crippen LogP contribution in [0, 0.1) is 5.82 Å². The summed E-state index contributed by atoms with van der Waals surface area (Å²) in [5.74, 6) is -1.22. The van der Waals surface area contributed by atoms with Crippen molar-refractivity contribution in [1.29, 1.82) is 0 Å². The van der Waals surface area contributed by atoms with Gasteiger partial charge in [0.2, 0.25) is 0 Å². The van der Waals surface area contributed by atoms with Gasteiger partial charge in [-0.15, -0.1) is 0 Å². The Morgan fingerprint density at radius 3 is 2.74 bits per heavy atom. The van der Waals surface area contributed by atoms with Crippen molar-refractivity contribution in [1.82, 2.24) is 5.32 Å². The van der Waals surface area contributed by atoms with Crippen LogP contribution in [0.3, 0.4) is 0 Å². The molecule has 0 saturated heterocycles. The van der Waals surface area contributed by atoms with E-state index in [1.54, 1.807) is 30.3 Å². The third-order valence-electron chi connectivity index (χ3n) is 3.64. The third kappa shape index (κ3) is 6.47. The predicted octanol–water partition coefficient (Wildman–Crippen LogP) is 2.46. The average Bonchev–Trinajstić information content (AvgIpc) is 2.67. The first-order chi connectivity index (χ1) is 13.0. The summed E-state index contributed by atoms with van der Waals surface area (Å²) in [6, 6.07) is 10.9. The van der Waals surface area contributed by atoms with Crippen molar-refractivity contribution in [3.05, 3.63) is 65.5 Å². The van der Waals surface area contributed by atoms with Gasteiger partial charge in [-0.25, -0.2) is 9.18 Å². The molecule has 0 saturated carbocycles. The smallest absolute Gasteiger partial charge is 0.331 e. The summed E-state index contributed by atoms with van der Waals surface area (Å²) >= 11 is 0. The van der Waals surface area contributed by atoms with E-state index in [-0.39, 0.29) is 23.9 Å². The molecule has 142 valence electrons. The molecule has 2 aromatic carbocycles. The fourth-order valence-corrected chi connectivity index (χ4v) is 2.24. The minimum Gasteiger partial charge on any atom is -0.504 e. The summed E-state index contributed by atoms with van der Waals surface area (Å²) in [6.45, 7) is -0.195. The lowest BCUT2D eigenvalue weighted by Gasteiger charge is -2.06. The molecule has 7 heteroatoms. The van der Waals surface area contributed by atoms with Crippen molar-refractivity contribution >= 4 is 18.0 Å². The van der Waals surface area contributed by atoms with Gasteiger partial charge >= 0.3 is 5.97 Å². The van der Waals surface area contributed by atoms with Gasteiger partial charge in [0.1, 0.15) is 5.82 Å². The summed E-state index contributed by atoms with van der Waals surface area (Å²) in [5, 5.41) is 12.1. The van der Waals surface area contributed by atoms with Crippen LogP contribution in [-0.2, 0) is 20.7 Å². The molecule has 0 aliphatic heterocycles. The number of phenolic OH excluding ortho intramolecular Hbond substituents is 1. The summed E-state index contributed by atoms with van der Waals surface area (Å²) < 4.78 is 23.3. The van der Waals surface area contributed by atoms with Crippen molar-refractivity contribution < 1.29 is 28.6 Å². The maximum absolute atomic E-state index is 13.5. The molecule has 2 N–H and O–H groups in total. The first-order valence-corrected chi connectivity index (χ1v) is 8.21. The van der Waals surface area contributed by atoms with E-state index < -0.39 is 18.5 Å². The zero-order valence-electron chi connectivity index (χ0n) is 14.8. The maximum atomic E-state index is 13.5. The first-order valence-electron chi connectivity index (χ1n) is 8.21. The van der Waals surface area contributed by atoms with Crippen molar-refractivity contribution in [2.24, 2.45) is 0 Å². The van der Waals surface area contributed by atoms with Crippen molar-refractivity contribution in [2.45, 2.75) is 6.42 Å². The second-order valence-corrected chi connectivity index (χ2v) is 5.56. The van der Waals surface area contributed by atoms with Gasteiger partial charge < -0.3 is 19.9 Å². The average molecular weight is 373 g/mol. The van der Waals surface area contributed by atoms with E-state index in [9.17, 15) is 19.1 Å². The Hall–Kier alpha value is -3.35. The molecule has 0 heterocycles. The molecule has 6 nitrogen and oxygen atoms in total. The number of halogens is 1. The fraction of sp³-hybridized carbons (Fsp3) is 0.200. The van der Waals surface area contributed by atoms with E-state index in [0.717, 1.165) is 0 Å². The number of methoxy groups -OCH3 is 1.